The van der Waals surface area contributed by atoms with Crippen LogP contribution in [0.5, 0.6) is 0 Å². The average molecular weight is 472 g/mol. The number of aromatic nitrogens is 1. The molecule has 0 aromatic carbocycles. The van der Waals surface area contributed by atoms with E-state index < -0.39 is 21.5 Å². The molecular formula is C21H33N3O5S2. The van der Waals surface area contributed by atoms with E-state index in [1.807, 2.05) is 6.92 Å². The molecule has 10 heteroatoms. The maximum absolute atomic E-state index is 13.0. The predicted molar refractivity (Wildman–Crippen MR) is 122 cm³/mol. The van der Waals surface area contributed by atoms with E-state index in [4.69, 9.17) is 0 Å². The van der Waals surface area contributed by atoms with Crippen LogP contribution in [0.25, 0.3) is 0 Å². The molecule has 174 valence electrons. The number of amides is 1. The quantitative estimate of drug-likeness (QED) is 0.523. The topological polar surface area (TPSA) is 120 Å². The summed E-state index contributed by atoms with van der Waals surface area (Å²) in [5.74, 6) is -0.360. The molecule has 2 aliphatic rings. The number of nitrogens with one attached hydrogen (secondary N) is 1. The number of carbonyl (C=O) groups is 1. The van der Waals surface area contributed by atoms with Gasteiger partial charge in [0.05, 0.1) is 24.7 Å². The summed E-state index contributed by atoms with van der Waals surface area (Å²) in [6.45, 7) is 8.00. The molecule has 1 heterocycles. The van der Waals surface area contributed by atoms with Crippen LogP contribution >= 0.6 is 11.3 Å². The molecule has 0 spiro atoms. The van der Waals surface area contributed by atoms with E-state index in [0.717, 1.165) is 16.8 Å². The van der Waals surface area contributed by atoms with Gasteiger partial charge in [-0.2, -0.15) is 0 Å². The lowest BCUT2D eigenvalue weighted by Gasteiger charge is -2.58. The van der Waals surface area contributed by atoms with Gasteiger partial charge in [-0.25, -0.2) is 13.4 Å². The molecule has 2 aliphatic carbocycles. The van der Waals surface area contributed by atoms with E-state index in [1.54, 1.807) is 18.0 Å². The molecule has 5 unspecified atom stereocenters. The van der Waals surface area contributed by atoms with E-state index in [0.29, 0.717) is 25.8 Å². The predicted octanol–water partition coefficient (Wildman–Crippen LogP) is 1.96. The highest BCUT2D eigenvalue weighted by atomic mass is 32.2. The molecule has 3 N–H and O–H groups in total. The molecule has 1 aromatic rings. The van der Waals surface area contributed by atoms with Gasteiger partial charge < -0.3 is 15.1 Å². The Morgan fingerprint density at radius 3 is 2.71 bits per heavy atom. The first-order valence-electron chi connectivity index (χ1n) is 10.5. The lowest BCUT2D eigenvalue weighted by molar-refractivity contribution is -0.146. The number of likely N-dealkylation sites (N-methyl/N-ethyl adjacent to an activating group) is 1. The lowest BCUT2D eigenvalue weighted by Crippen LogP contribution is -2.57. The van der Waals surface area contributed by atoms with Crippen LogP contribution in [0.4, 0.5) is 5.13 Å². The number of carbonyl (C=O) groups excluding carboxylic acids is 1. The number of anilines is 1. The molecule has 1 saturated carbocycles. The Morgan fingerprint density at radius 1 is 1.45 bits per heavy atom. The molecule has 3 rings (SSSR count). The molecule has 1 aromatic heterocycles. The van der Waals surface area contributed by atoms with Gasteiger partial charge in [0.25, 0.3) is 0 Å². The van der Waals surface area contributed by atoms with Crippen molar-refractivity contribution in [1.82, 2.24) is 9.88 Å². The SMILES string of the molecule is C=CCN(C)C(=O)CC1c2nc(NS(C)(=O)=O)sc2CC2C(C)(CO)C(O)CCC12C. The summed E-state index contributed by atoms with van der Waals surface area (Å²) in [5.41, 5.74) is -0.329. The summed E-state index contributed by atoms with van der Waals surface area (Å²) >= 11 is 1.27. The van der Waals surface area contributed by atoms with Gasteiger partial charge in [0.1, 0.15) is 0 Å². The van der Waals surface area contributed by atoms with E-state index in [1.165, 1.54) is 11.3 Å². The summed E-state index contributed by atoms with van der Waals surface area (Å²) in [7, 11) is -1.75. The van der Waals surface area contributed by atoms with E-state index in [2.05, 4.69) is 23.2 Å². The maximum atomic E-state index is 13.0. The molecule has 8 nitrogen and oxygen atoms in total. The van der Waals surface area contributed by atoms with Crippen molar-refractivity contribution in [3.05, 3.63) is 23.2 Å². The summed E-state index contributed by atoms with van der Waals surface area (Å²) in [5, 5.41) is 21.3. The minimum Gasteiger partial charge on any atom is -0.396 e. The molecule has 0 saturated heterocycles. The fourth-order valence-corrected chi connectivity index (χ4v) is 7.38. The molecule has 1 amide bonds. The van der Waals surface area contributed by atoms with Crippen molar-refractivity contribution >= 4 is 32.4 Å². The first-order chi connectivity index (χ1) is 14.4. The Labute approximate surface area is 188 Å². The van der Waals surface area contributed by atoms with Gasteiger partial charge in [-0.15, -0.1) is 17.9 Å². The van der Waals surface area contributed by atoms with Crippen molar-refractivity contribution in [1.29, 1.82) is 0 Å². The van der Waals surface area contributed by atoms with Crippen LogP contribution in [-0.4, -0.2) is 67.0 Å². The highest BCUT2D eigenvalue weighted by Crippen LogP contribution is 2.62. The zero-order valence-electron chi connectivity index (χ0n) is 18.6. The van der Waals surface area contributed by atoms with Crippen LogP contribution in [0, 0.1) is 16.7 Å². The van der Waals surface area contributed by atoms with Gasteiger partial charge in [0.15, 0.2) is 5.13 Å². The van der Waals surface area contributed by atoms with Crippen molar-refractivity contribution in [2.45, 2.75) is 51.6 Å². The van der Waals surface area contributed by atoms with Crippen LogP contribution in [0.2, 0.25) is 0 Å². The first kappa shape index (κ1) is 24.2. The third-order valence-corrected chi connectivity index (χ3v) is 9.08. The van der Waals surface area contributed by atoms with Crippen LogP contribution in [0.3, 0.4) is 0 Å². The fraction of sp³-hybridized carbons (Fsp3) is 0.714. The van der Waals surface area contributed by atoms with Gasteiger partial charge >= 0.3 is 0 Å². The second-order valence-corrected chi connectivity index (χ2v) is 12.3. The Hall–Kier alpha value is -1.49. The second kappa shape index (κ2) is 8.46. The standard InChI is InChI=1S/C21H33N3O5S2/c1-6-9-24(4)17(27)10-13-18-14(30-19(22-18)23-31(5,28)29)11-15-20(13,2)8-7-16(26)21(15,3)12-25/h6,13,15-16,25-26H,1,7-12H2,2-5H3,(H,22,23). The third-order valence-electron chi connectivity index (χ3n) is 7.37. The van der Waals surface area contributed by atoms with Crippen molar-refractivity contribution in [2.24, 2.45) is 16.7 Å². The molecule has 5 atom stereocenters. The Bertz CT molecular complexity index is 962. The maximum Gasteiger partial charge on any atom is 0.231 e. The van der Waals surface area contributed by atoms with Gasteiger partial charge in [-0.1, -0.05) is 19.9 Å². The van der Waals surface area contributed by atoms with Crippen molar-refractivity contribution < 1.29 is 23.4 Å². The zero-order chi connectivity index (χ0) is 23.2. The van der Waals surface area contributed by atoms with Crippen LogP contribution in [0.15, 0.2) is 12.7 Å². The molecule has 31 heavy (non-hydrogen) atoms. The number of rotatable bonds is 7. The summed E-state index contributed by atoms with van der Waals surface area (Å²) in [4.78, 5) is 20.1. The van der Waals surface area contributed by atoms with Crippen LogP contribution < -0.4 is 4.72 Å². The van der Waals surface area contributed by atoms with E-state index in [9.17, 15) is 23.4 Å². The van der Waals surface area contributed by atoms with Gasteiger partial charge in [0.2, 0.25) is 15.9 Å². The number of aliphatic hydroxyl groups is 2. The Kier molecular flexibility index (Phi) is 6.59. The van der Waals surface area contributed by atoms with Crippen LogP contribution in [-0.2, 0) is 21.2 Å². The molecule has 0 radical (unpaired) electrons. The summed E-state index contributed by atoms with van der Waals surface area (Å²) in [6.07, 6.45) is 4.15. The van der Waals surface area contributed by atoms with Gasteiger partial charge in [-0.3, -0.25) is 9.52 Å². The van der Waals surface area contributed by atoms with Crippen molar-refractivity contribution in [3.8, 4) is 0 Å². The minimum atomic E-state index is -3.48. The van der Waals surface area contributed by atoms with Gasteiger partial charge in [-0.05, 0) is 30.6 Å². The number of aliphatic hydroxyl groups excluding tert-OH is 2. The minimum absolute atomic E-state index is 0.0415. The molecule has 0 aliphatic heterocycles. The third kappa shape index (κ3) is 4.40. The number of sulfonamides is 1. The second-order valence-electron chi connectivity index (χ2n) is 9.50. The van der Waals surface area contributed by atoms with Crippen molar-refractivity contribution in [3.63, 3.8) is 0 Å². The lowest BCUT2D eigenvalue weighted by atomic mass is 9.47. The van der Waals surface area contributed by atoms with E-state index in [-0.39, 0.29) is 41.3 Å². The monoisotopic (exact) mass is 471 g/mol. The number of nitrogens with zero attached hydrogens (tertiary/aromatic N) is 2. The van der Waals surface area contributed by atoms with E-state index >= 15 is 0 Å². The Morgan fingerprint density at radius 2 is 2.13 bits per heavy atom. The largest absolute Gasteiger partial charge is 0.396 e. The normalized spacial score (nSPS) is 32.6. The molecule has 0 bridgehead atoms. The first-order valence-corrected chi connectivity index (χ1v) is 13.2. The highest BCUT2D eigenvalue weighted by molar-refractivity contribution is 7.92. The number of hydrogen-bond acceptors (Lipinski definition) is 7. The summed E-state index contributed by atoms with van der Waals surface area (Å²) in [6, 6.07) is 0. The van der Waals surface area contributed by atoms with Crippen molar-refractivity contribution in [2.75, 3.05) is 31.2 Å². The Balaban J connectivity index is 2.09. The number of fused-ring (bicyclic) bond motifs is 2. The molecule has 1 fully saturated rings. The van der Waals surface area contributed by atoms with Gasteiger partial charge in [0, 0.05) is 36.2 Å². The smallest absolute Gasteiger partial charge is 0.231 e. The molecular weight excluding hydrogens is 438 g/mol. The fourth-order valence-electron chi connectivity index (χ4n) is 5.47. The number of thiazole rings is 1. The zero-order valence-corrected chi connectivity index (χ0v) is 20.2. The summed E-state index contributed by atoms with van der Waals surface area (Å²) < 4.78 is 26.0. The average Bonchev–Trinajstić information content (AvgIpc) is 3.06. The number of hydrogen-bond donors (Lipinski definition) is 3. The highest BCUT2D eigenvalue weighted by Gasteiger charge is 2.59. The van der Waals surface area contributed by atoms with Crippen LogP contribution in [0.1, 0.15) is 49.6 Å².